The maximum Gasteiger partial charge on any atom is 0.425 e. The number of hydrogen-bond donors (Lipinski definition) is 6. The Morgan fingerprint density at radius 3 is 1.26 bits per heavy atom. The molecule has 0 saturated carbocycles. The van der Waals surface area contributed by atoms with Gasteiger partial charge in [0.25, 0.3) is 0 Å². The highest BCUT2D eigenvalue weighted by Crippen LogP contribution is 1.92. The Balaban J connectivity index is -0.000000145. The summed E-state index contributed by atoms with van der Waals surface area (Å²) in [6.45, 7) is 0. The molecule has 0 unspecified atom stereocenters. The van der Waals surface area contributed by atoms with E-state index in [1.54, 1.807) is 12.2 Å². The first-order chi connectivity index (χ1) is 9.33. The Morgan fingerprint density at radius 2 is 1.09 bits per heavy atom. The van der Waals surface area contributed by atoms with Crippen molar-refractivity contribution in [2.75, 3.05) is 0 Å². The number of amides is 2. The third-order valence-electron chi connectivity index (χ3n) is 1.04. The van der Waals surface area contributed by atoms with Crippen molar-refractivity contribution in [1.82, 2.24) is 12.3 Å². The summed E-state index contributed by atoms with van der Waals surface area (Å²) in [5.74, 6) is -1.00. The summed E-state index contributed by atoms with van der Waals surface area (Å²) in [4.78, 5) is 20.2. The van der Waals surface area contributed by atoms with Crippen molar-refractivity contribution >= 4 is 32.6 Å². The van der Waals surface area contributed by atoms with Crippen LogP contribution in [0.4, 0.5) is 0 Å². The van der Waals surface area contributed by atoms with E-state index in [9.17, 15) is 26.4 Å². The number of allylic oxidation sites excluding steroid dienone is 2. The van der Waals surface area contributed by atoms with Gasteiger partial charge in [-0.3, -0.25) is 18.7 Å². The van der Waals surface area contributed by atoms with E-state index in [4.69, 9.17) is 20.6 Å². The minimum atomic E-state index is -5.02. The zero-order valence-electron chi connectivity index (χ0n) is 11.6. The Bertz CT molecular complexity index is 555. The lowest BCUT2D eigenvalue weighted by Crippen LogP contribution is -2.10. The van der Waals surface area contributed by atoms with Gasteiger partial charge < -0.3 is 23.8 Å². The summed E-state index contributed by atoms with van der Waals surface area (Å²) in [7, 11) is -10.0. The van der Waals surface area contributed by atoms with E-state index in [-0.39, 0.29) is 12.3 Å². The van der Waals surface area contributed by atoms with Gasteiger partial charge in [0.15, 0.2) is 0 Å². The summed E-state index contributed by atoms with van der Waals surface area (Å²) in [5.41, 5.74) is 9.59. The van der Waals surface area contributed by atoms with E-state index in [0.717, 1.165) is 0 Å². The topological polar surface area (TPSA) is 283 Å². The van der Waals surface area contributed by atoms with Gasteiger partial charge in [0.1, 0.15) is 0 Å². The van der Waals surface area contributed by atoms with Crippen molar-refractivity contribution in [3.05, 3.63) is 24.3 Å². The molecule has 0 aliphatic heterocycles. The van der Waals surface area contributed by atoms with Crippen LogP contribution in [0.1, 0.15) is 6.42 Å². The molecule has 2 amide bonds. The fourth-order valence-corrected chi connectivity index (χ4v) is 1.08. The van der Waals surface area contributed by atoms with E-state index in [2.05, 4.69) is 8.67 Å². The Labute approximate surface area is 132 Å². The van der Waals surface area contributed by atoms with E-state index < -0.39 is 32.6 Å². The second-order valence-corrected chi connectivity index (χ2v) is 4.82. The van der Waals surface area contributed by atoms with E-state index in [1.165, 1.54) is 12.2 Å². The maximum absolute atomic E-state index is 10.1. The summed E-state index contributed by atoms with van der Waals surface area (Å²) >= 11 is 0. The van der Waals surface area contributed by atoms with Crippen LogP contribution in [0, 0.1) is 0 Å². The second-order valence-electron chi connectivity index (χ2n) is 2.84. The highest BCUT2D eigenvalue weighted by Gasteiger charge is 2.13. The van der Waals surface area contributed by atoms with Gasteiger partial charge in [-0.15, -0.1) is 0 Å². The predicted octanol–water partition coefficient (Wildman–Crippen LogP) is -1.68. The van der Waals surface area contributed by atoms with Crippen LogP contribution in [0.2, 0.25) is 0 Å². The SMILES string of the molecule is N.N.NC(=O)C=CCC=CC(N)=O.O=S(=O)(O)OOS(=O)(=O)O. The molecule has 23 heavy (non-hydrogen) atoms. The van der Waals surface area contributed by atoms with Gasteiger partial charge in [0.05, 0.1) is 0 Å². The first kappa shape index (κ1) is 29.1. The van der Waals surface area contributed by atoms with Crippen molar-refractivity contribution in [1.29, 1.82) is 0 Å². The molecular formula is C7H18N4O10S2. The third kappa shape index (κ3) is 38.4. The molecule has 14 nitrogen and oxygen atoms in total. The molecule has 138 valence electrons. The monoisotopic (exact) mass is 382 g/mol. The molecule has 0 heterocycles. The molecule has 0 spiro atoms. The molecule has 0 aromatic carbocycles. The highest BCUT2D eigenvalue weighted by atomic mass is 32.3. The lowest BCUT2D eigenvalue weighted by molar-refractivity contribution is -0.114. The summed E-state index contributed by atoms with van der Waals surface area (Å²) in [5, 5.41) is 0. The molecule has 0 fully saturated rings. The lowest BCUT2D eigenvalue weighted by Gasteiger charge is -1.92. The van der Waals surface area contributed by atoms with Crippen LogP contribution in [-0.2, 0) is 39.1 Å². The molecule has 0 bridgehead atoms. The average molecular weight is 382 g/mol. The van der Waals surface area contributed by atoms with Crippen molar-refractivity contribution in [2.45, 2.75) is 6.42 Å². The largest absolute Gasteiger partial charge is 0.425 e. The number of carbonyl (C=O) groups excluding carboxylic acids is 2. The second kappa shape index (κ2) is 13.7. The van der Waals surface area contributed by atoms with Gasteiger partial charge in [0, 0.05) is 0 Å². The average Bonchev–Trinajstić information content (AvgIpc) is 2.24. The third-order valence-corrected chi connectivity index (χ3v) is 1.60. The standard InChI is InChI=1S/C7H10N2O2.2H3N.H2O8S2/c8-6(10)4-2-1-3-5-7(9)11;;;1-9(2,3)7-8-10(4,5)6/h2-5H,1H2,(H2,8,10)(H2,9,11);2*1H3;(H,1,2,3)(H,4,5,6). The molecule has 0 radical (unpaired) electrons. The number of carbonyl (C=O) groups is 2. The summed E-state index contributed by atoms with van der Waals surface area (Å²) < 4.78 is 58.9. The Morgan fingerprint density at radius 1 is 0.826 bits per heavy atom. The van der Waals surface area contributed by atoms with Gasteiger partial charge in [-0.05, 0) is 18.6 Å². The van der Waals surface area contributed by atoms with Gasteiger partial charge in [0.2, 0.25) is 11.8 Å². The zero-order chi connectivity index (χ0) is 17.1. The van der Waals surface area contributed by atoms with Gasteiger partial charge in [-0.2, -0.15) is 16.8 Å². The van der Waals surface area contributed by atoms with Crippen LogP contribution in [0.5, 0.6) is 0 Å². The summed E-state index contributed by atoms with van der Waals surface area (Å²) in [6, 6.07) is 0. The van der Waals surface area contributed by atoms with Crippen LogP contribution in [0.15, 0.2) is 24.3 Å². The van der Waals surface area contributed by atoms with Crippen LogP contribution in [0.25, 0.3) is 0 Å². The molecule has 16 heteroatoms. The molecule has 0 aromatic heterocycles. The van der Waals surface area contributed by atoms with E-state index in [0.29, 0.717) is 6.42 Å². The van der Waals surface area contributed by atoms with Gasteiger partial charge in [-0.1, -0.05) is 20.8 Å². The van der Waals surface area contributed by atoms with Crippen LogP contribution >= 0.6 is 0 Å². The fourth-order valence-electron chi connectivity index (χ4n) is 0.517. The van der Waals surface area contributed by atoms with E-state index >= 15 is 0 Å². The smallest absolute Gasteiger partial charge is 0.366 e. The normalized spacial score (nSPS) is 11.0. The molecule has 0 aromatic rings. The van der Waals surface area contributed by atoms with Crippen molar-refractivity contribution in [3.63, 3.8) is 0 Å². The summed E-state index contributed by atoms with van der Waals surface area (Å²) in [6.07, 6.45) is 6.02. The van der Waals surface area contributed by atoms with E-state index in [1.807, 2.05) is 0 Å². The van der Waals surface area contributed by atoms with Crippen LogP contribution in [0.3, 0.4) is 0 Å². The first-order valence-electron chi connectivity index (χ1n) is 4.58. The van der Waals surface area contributed by atoms with Crippen LogP contribution in [-0.4, -0.2) is 37.8 Å². The molecule has 0 rings (SSSR count). The van der Waals surface area contributed by atoms with Crippen molar-refractivity contribution in [3.8, 4) is 0 Å². The number of primary amides is 2. The van der Waals surface area contributed by atoms with Gasteiger partial charge >= 0.3 is 20.8 Å². The van der Waals surface area contributed by atoms with Crippen LogP contribution < -0.4 is 23.8 Å². The quantitative estimate of drug-likeness (QED) is 0.124. The lowest BCUT2D eigenvalue weighted by atomic mass is 10.3. The molecular weight excluding hydrogens is 364 g/mol. The molecule has 0 aliphatic rings. The number of hydrogen-bond acceptors (Lipinski definition) is 10. The number of nitrogens with two attached hydrogens (primary N) is 2. The Kier molecular flexibility index (Phi) is 17.4. The zero-order valence-corrected chi connectivity index (χ0v) is 13.2. The minimum Gasteiger partial charge on any atom is -0.366 e. The molecule has 12 N–H and O–H groups in total. The minimum absolute atomic E-state index is 0. The first-order valence-corrected chi connectivity index (χ1v) is 7.31. The van der Waals surface area contributed by atoms with Crippen molar-refractivity contribution < 1.29 is 44.2 Å². The Hall–Kier alpha value is -1.92. The highest BCUT2D eigenvalue weighted by molar-refractivity contribution is 7.83. The molecule has 0 saturated heterocycles. The maximum atomic E-state index is 10.1. The molecule has 0 aliphatic carbocycles. The predicted molar refractivity (Wildman–Crippen MR) is 76.6 cm³/mol. The van der Waals surface area contributed by atoms with Gasteiger partial charge in [-0.25, -0.2) is 0 Å². The van der Waals surface area contributed by atoms with Crippen molar-refractivity contribution in [2.24, 2.45) is 11.5 Å². The fraction of sp³-hybridized carbons (Fsp3) is 0.143. The molecule has 0 atom stereocenters. The number of rotatable bonds is 7.